The zero-order chi connectivity index (χ0) is 22.7. The summed E-state index contributed by atoms with van der Waals surface area (Å²) < 4.78 is 46.5. The lowest BCUT2D eigenvalue weighted by Gasteiger charge is -2.68. The van der Waals surface area contributed by atoms with Crippen molar-refractivity contribution in [2.75, 3.05) is 0 Å². The number of hydrogen-bond acceptors (Lipinski definition) is 6. The molecule has 2 aromatic rings. The number of rotatable bonds is 7. The van der Waals surface area contributed by atoms with Crippen LogP contribution in [0.5, 0.6) is 0 Å². The molecular formula is C21H21ClF3N3O4. The molecule has 4 saturated carbocycles. The van der Waals surface area contributed by atoms with E-state index < -0.39 is 18.6 Å². The minimum Gasteiger partial charge on any atom is -0.424 e. The number of amides is 1. The van der Waals surface area contributed by atoms with Gasteiger partial charge in [0.1, 0.15) is 0 Å². The molecule has 0 aliphatic heterocycles. The molecular weight excluding hydrogens is 451 g/mol. The first-order chi connectivity index (χ1) is 15.0. The Morgan fingerprint density at radius 2 is 1.91 bits per heavy atom. The fourth-order valence-electron chi connectivity index (χ4n) is 5.14. The first-order valence-electron chi connectivity index (χ1n) is 10.4. The second-order valence-electron chi connectivity index (χ2n) is 9.21. The Hall–Kier alpha value is -2.17. The van der Waals surface area contributed by atoms with Crippen LogP contribution in [-0.4, -0.2) is 39.2 Å². The summed E-state index contributed by atoms with van der Waals surface area (Å²) in [7, 11) is 0. The molecule has 172 valence electrons. The number of alkyl halides is 3. The Kier molecular flexibility index (Phi) is 5.03. The number of ether oxygens (including phenoxy) is 1. The zero-order valence-corrected chi connectivity index (χ0v) is 17.6. The van der Waals surface area contributed by atoms with Crippen molar-refractivity contribution in [2.45, 2.75) is 74.0 Å². The van der Waals surface area contributed by atoms with Crippen molar-refractivity contribution >= 4 is 17.5 Å². The van der Waals surface area contributed by atoms with E-state index in [4.69, 9.17) is 16.0 Å². The summed E-state index contributed by atoms with van der Waals surface area (Å²) in [6.07, 6.45) is -4.09. The Labute approximate surface area is 186 Å². The summed E-state index contributed by atoms with van der Waals surface area (Å²) in [4.78, 5) is 12.4. The Bertz CT molecular complexity index is 1000. The second-order valence-corrected chi connectivity index (χ2v) is 9.65. The predicted molar refractivity (Wildman–Crippen MR) is 105 cm³/mol. The number of nitrogens with one attached hydrogen (secondary N) is 1. The fourth-order valence-corrected chi connectivity index (χ4v) is 5.26. The third-order valence-corrected chi connectivity index (χ3v) is 6.96. The highest BCUT2D eigenvalue weighted by Gasteiger charge is 2.71. The highest BCUT2D eigenvalue weighted by atomic mass is 35.5. The minimum absolute atomic E-state index is 0.0517. The van der Waals surface area contributed by atoms with Gasteiger partial charge in [0.15, 0.2) is 0 Å². The van der Waals surface area contributed by atoms with Crippen molar-refractivity contribution in [1.29, 1.82) is 0 Å². The molecule has 32 heavy (non-hydrogen) atoms. The fraction of sp³-hybridized carbons (Fsp3) is 0.571. The third-order valence-electron chi connectivity index (χ3n) is 6.71. The summed E-state index contributed by atoms with van der Waals surface area (Å²) in [6, 6.07) is 6.69. The van der Waals surface area contributed by atoms with Crippen LogP contribution in [0.3, 0.4) is 0 Å². The molecule has 2 bridgehead atoms. The Morgan fingerprint density at radius 3 is 2.53 bits per heavy atom. The molecule has 6 rings (SSSR count). The largest absolute Gasteiger partial charge is 0.522 e. The molecule has 1 aromatic heterocycles. The number of aromatic nitrogens is 2. The Morgan fingerprint density at radius 1 is 1.25 bits per heavy atom. The van der Waals surface area contributed by atoms with Gasteiger partial charge in [-0.15, -0.1) is 23.4 Å². The summed E-state index contributed by atoms with van der Waals surface area (Å²) in [5.41, 5.74) is 0.0165. The van der Waals surface area contributed by atoms with E-state index in [1.807, 2.05) is 0 Å². The summed E-state index contributed by atoms with van der Waals surface area (Å²) in [5, 5.41) is 22.0. The monoisotopic (exact) mass is 471 g/mol. The lowest BCUT2D eigenvalue weighted by atomic mass is 9.39. The van der Waals surface area contributed by atoms with Crippen molar-refractivity contribution in [1.82, 2.24) is 15.5 Å². The van der Waals surface area contributed by atoms with Crippen LogP contribution in [0, 0.1) is 0 Å². The number of benzene rings is 1. The molecule has 11 heteroatoms. The van der Waals surface area contributed by atoms with Gasteiger partial charge in [-0.3, -0.25) is 9.53 Å². The van der Waals surface area contributed by atoms with E-state index in [0.717, 1.165) is 0 Å². The SMILES string of the molecule is O=C(C[C@@H](O)c1ccc(Cl)cc1)NC12CC(c3nnc([C@H]4C[C@@H](OC(F)(F)F)C4)o3)(C1)C2. The zero-order valence-electron chi connectivity index (χ0n) is 16.9. The van der Waals surface area contributed by atoms with E-state index in [9.17, 15) is 23.1 Å². The highest BCUT2D eigenvalue weighted by Crippen LogP contribution is 2.67. The second kappa shape index (κ2) is 7.43. The van der Waals surface area contributed by atoms with Crippen LogP contribution in [-0.2, 0) is 14.9 Å². The topological polar surface area (TPSA) is 97.5 Å². The van der Waals surface area contributed by atoms with Gasteiger partial charge in [0.2, 0.25) is 17.7 Å². The van der Waals surface area contributed by atoms with Gasteiger partial charge in [0, 0.05) is 16.5 Å². The van der Waals surface area contributed by atoms with Crippen LogP contribution in [0.15, 0.2) is 28.7 Å². The van der Waals surface area contributed by atoms with Crippen molar-refractivity contribution in [3.8, 4) is 0 Å². The van der Waals surface area contributed by atoms with E-state index in [2.05, 4.69) is 20.3 Å². The maximum Gasteiger partial charge on any atom is 0.522 e. The summed E-state index contributed by atoms with van der Waals surface area (Å²) in [5.74, 6) is 0.358. The van der Waals surface area contributed by atoms with Crippen LogP contribution in [0.2, 0.25) is 5.02 Å². The smallest absolute Gasteiger partial charge is 0.424 e. The predicted octanol–water partition coefficient (Wildman–Crippen LogP) is 3.92. The van der Waals surface area contributed by atoms with E-state index in [-0.39, 0.29) is 42.0 Å². The lowest BCUT2D eigenvalue weighted by molar-refractivity contribution is -0.352. The van der Waals surface area contributed by atoms with Crippen LogP contribution >= 0.6 is 11.6 Å². The molecule has 0 radical (unpaired) electrons. The normalized spacial score (nSPS) is 31.8. The van der Waals surface area contributed by atoms with Crippen molar-refractivity contribution in [3.05, 3.63) is 46.6 Å². The number of carbonyl (C=O) groups excluding carboxylic acids is 1. The average molecular weight is 472 g/mol. The van der Waals surface area contributed by atoms with Crippen LogP contribution in [0.1, 0.15) is 67.9 Å². The standard InChI is InChI=1S/C21H21ClF3N3O4/c22-13-3-1-11(2-4-13)15(29)7-16(30)26-20-8-19(9-20,10-20)18-28-27-17(31-18)12-5-14(6-12)32-21(23,24)25/h1-4,12,14-15,29H,5-10H2,(H,26,30)/t12-,14+,15-,19?,20?/m1/s1. The van der Waals surface area contributed by atoms with Gasteiger partial charge in [-0.05, 0) is 49.8 Å². The van der Waals surface area contributed by atoms with Gasteiger partial charge in [0.05, 0.1) is 24.0 Å². The number of halogens is 4. The molecule has 4 aliphatic rings. The molecule has 4 aliphatic carbocycles. The maximum atomic E-state index is 12.4. The molecule has 0 saturated heterocycles. The van der Waals surface area contributed by atoms with Crippen molar-refractivity contribution in [2.24, 2.45) is 0 Å². The van der Waals surface area contributed by atoms with Gasteiger partial charge in [-0.1, -0.05) is 23.7 Å². The van der Waals surface area contributed by atoms with Gasteiger partial charge >= 0.3 is 6.36 Å². The van der Waals surface area contributed by atoms with Crippen LogP contribution < -0.4 is 5.32 Å². The number of hydrogen-bond donors (Lipinski definition) is 2. The maximum absolute atomic E-state index is 12.4. The first-order valence-corrected chi connectivity index (χ1v) is 10.8. The van der Waals surface area contributed by atoms with Crippen LogP contribution in [0.25, 0.3) is 0 Å². The molecule has 1 amide bonds. The molecule has 1 atom stereocenters. The van der Waals surface area contributed by atoms with E-state index >= 15 is 0 Å². The first kappa shape index (κ1) is 21.7. The molecule has 2 N–H and O–H groups in total. The number of carbonyl (C=O) groups is 1. The quantitative estimate of drug-likeness (QED) is 0.635. The molecule has 7 nitrogen and oxygen atoms in total. The van der Waals surface area contributed by atoms with Crippen molar-refractivity contribution in [3.63, 3.8) is 0 Å². The molecule has 1 aromatic carbocycles. The average Bonchev–Trinajstić information content (AvgIpc) is 3.08. The van der Waals surface area contributed by atoms with Gasteiger partial charge in [0.25, 0.3) is 0 Å². The van der Waals surface area contributed by atoms with Gasteiger partial charge in [-0.2, -0.15) is 0 Å². The summed E-state index contributed by atoms with van der Waals surface area (Å²) in [6.45, 7) is 0. The van der Waals surface area contributed by atoms with E-state index in [0.29, 0.717) is 41.6 Å². The van der Waals surface area contributed by atoms with Crippen molar-refractivity contribution < 1.29 is 32.2 Å². The van der Waals surface area contributed by atoms with Gasteiger partial charge < -0.3 is 14.8 Å². The number of aliphatic hydroxyl groups excluding tert-OH is 1. The third kappa shape index (κ3) is 3.99. The van der Waals surface area contributed by atoms with Crippen LogP contribution in [0.4, 0.5) is 13.2 Å². The van der Waals surface area contributed by atoms with E-state index in [1.54, 1.807) is 24.3 Å². The molecule has 0 spiro atoms. The number of aliphatic hydroxyl groups is 1. The molecule has 0 unspecified atom stereocenters. The number of nitrogens with zero attached hydrogens (tertiary/aromatic N) is 2. The Balaban J connectivity index is 1.10. The van der Waals surface area contributed by atoms with E-state index in [1.165, 1.54) is 0 Å². The molecule has 4 fully saturated rings. The molecule has 1 heterocycles. The highest BCUT2D eigenvalue weighted by molar-refractivity contribution is 6.30. The lowest BCUT2D eigenvalue weighted by Crippen LogP contribution is -2.76. The minimum atomic E-state index is -4.63. The summed E-state index contributed by atoms with van der Waals surface area (Å²) >= 11 is 5.84. The van der Waals surface area contributed by atoms with Gasteiger partial charge in [-0.25, -0.2) is 0 Å².